The fraction of sp³-hybridized carbons (Fsp3) is 0.0909. The Hall–Kier alpha value is -0.750. The molecule has 17 heavy (non-hydrogen) atoms. The first-order valence-electron chi connectivity index (χ1n) is 4.72. The van der Waals surface area contributed by atoms with E-state index in [9.17, 15) is 8.42 Å². The summed E-state index contributed by atoms with van der Waals surface area (Å²) >= 11 is 0. The number of nitrogens with zero attached hydrogens (tertiary/aromatic N) is 1. The molecule has 0 saturated heterocycles. The summed E-state index contributed by atoms with van der Waals surface area (Å²) in [6.07, 6.45) is 3.15. The summed E-state index contributed by atoms with van der Waals surface area (Å²) in [5, 5.41) is 0. The predicted octanol–water partition coefficient (Wildman–Crippen LogP) is -1.27. The van der Waals surface area contributed by atoms with Crippen molar-refractivity contribution in [1.82, 2.24) is 4.73 Å². The molecule has 6 heteroatoms. The summed E-state index contributed by atoms with van der Waals surface area (Å²) in [5.41, 5.74) is 0.934. The molecule has 2 aromatic rings. The van der Waals surface area contributed by atoms with Gasteiger partial charge < -0.3 is 1.43 Å². The molecule has 0 aliphatic heterocycles. The van der Waals surface area contributed by atoms with Crippen LogP contribution in [-0.4, -0.2) is 13.1 Å². The number of aryl methyl sites for hydroxylation is 1. The monoisotopic (exact) mass is 261 g/mol. The number of benzene rings is 1. The van der Waals surface area contributed by atoms with Gasteiger partial charge in [-0.05, 0) is 30.7 Å². The van der Waals surface area contributed by atoms with Crippen LogP contribution in [0.25, 0.3) is 0 Å². The third-order valence-electron chi connectivity index (χ3n) is 2.03. The Balaban J connectivity index is 0.00000144. The SMILES string of the molecule is Cc1ccn(OS(=O)(=O)c2ccccc2)c1.[H-].[Na+]. The molecule has 0 saturated carbocycles. The van der Waals surface area contributed by atoms with Crippen molar-refractivity contribution in [3.63, 3.8) is 0 Å². The maximum Gasteiger partial charge on any atom is 1.00 e. The molecule has 0 bridgehead atoms. The van der Waals surface area contributed by atoms with Crippen LogP contribution in [0, 0.1) is 6.92 Å². The van der Waals surface area contributed by atoms with Gasteiger partial charge in [0.25, 0.3) is 0 Å². The Bertz CT molecular complexity index is 583. The average Bonchev–Trinajstić information content (AvgIpc) is 2.64. The van der Waals surface area contributed by atoms with Crippen LogP contribution in [0.5, 0.6) is 0 Å². The molecule has 0 aliphatic carbocycles. The van der Waals surface area contributed by atoms with Crippen molar-refractivity contribution >= 4 is 10.1 Å². The molecule has 1 heterocycles. The van der Waals surface area contributed by atoms with Crippen molar-refractivity contribution in [2.24, 2.45) is 0 Å². The minimum absolute atomic E-state index is 0. The van der Waals surface area contributed by atoms with Crippen LogP contribution in [0.15, 0.2) is 53.7 Å². The van der Waals surface area contributed by atoms with E-state index in [1.165, 1.54) is 16.9 Å². The van der Waals surface area contributed by atoms with Gasteiger partial charge in [0.2, 0.25) is 0 Å². The van der Waals surface area contributed by atoms with Crippen LogP contribution < -0.4 is 33.8 Å². The van der Waals surface area contributed by atoms with Crippen molar-refractivity contribution < 1.29 is 43.7 Å². The van der Waals surface area contributed by atoms with E-state index >= 15 is 0 Å². The van der Waals surface area contributed by atoms with E-state index in [-0.39, 0.29) is 35.9 Å². The fourth-order valence-corrected chi connectivity index (χ4v) is 2.16. The number of aromatic nitrogens is 1. The first-order valence-corrected chi connectivity index (χ1v) is 6.13. The summed E-state index contributed by atoms with van der Waals surface area (Å²) in [4.78, 5) is 0.140. The van der Waals surface area contributed by atoms with E-state index in [0.717, 1.165) is 5.56 Å². The molecule has 86 valence electrons. The van der Waals surface area contributed by atoms with Gasteiger partial charge in [0.05, 0.1) is 0 Å². The van der Waals surface area contributed by atoms with Gasteiger partial charge in [-0.2, -0.15) is 13.1 Å². The topological polar surface area (TPSA) is 48.3 Å². The Morgan fingerprint density at radius 2 is 1.82 bits per heavy atom. The van der Waals surface area contributed by atoms with E-state index in [1.807, 2.05) is 6.92 Å². The van der Waals surface area contributed by atoms with Gasteiger partial charge in [0.15, 0.2) is 0 Å². The maximum atomic E-state index is 11.8. The summed E-state index contributed by atoms with van der Waals surface area (Å²) in [7, 11) is -3.74. The van der Waals surface area contributed by atoms with Crippen LogP contribution in [0.4, 0.5) is 0 Å². The van der Waals surface area contributed by atoms with Gasteiger partial charge in [-0.1, -0.05) is 18.2 Å². The molecular formula is C11H12NNaO3S. The van der Waals surface area contributed by atoms with Crippen LogP contribution in [0.3, 0.4) is 0 Å². The minimum Gasteiger partial charge on any atom is -1.00 e. The minimum atomic E-state index is -3.74. The first kappa shape index (κ1) is 14.3. The van der Waals surface area contributed by atoms with Crippen LogP contribution in [-0.2, 0) is 10.1 Å². The second kappa shape index (κ2) is 5.73. The van der Waals surface area contributed by atoms with E-state index in [4.69, 9.17) is 4.28 Å². The molecule has 4 nitrogen and oxygen atoms in total. The molecule has 0 atom stereocenters. The van der Waals surface area contributed by atoms with E-state index in [1.54, 1.807) is 36.7 Å². The van der Waals surface area contributed by atoms with Gasteiger partial charge in [0, 0.05) is 12.4 Å². The molecule has 0 amide bonds. The largest absolute Gasteiger partial charge is 1.00 e. The van der Waals surface area contributed by atoms with E-state index < -0.39 is 10.1 Å². The summed E-state index contributed by atoms with van der Waals surface area (Å²) in [5.74, 6) is 0. The van der Waals surface area contributed by atoms with Crippen LogP contribution in [0.1, 0.15) is 6.99 Å². The summed E-state index contributed by atoms with van der Waals surface area (Å²) in [6.45, 7) is 1.86. The van der Waals surface area contributed by atoms with Gasteiger partial charge >= 0.3 is 39.7 Å². The molecule has 2 rings (SSSR count). The van der Waals surface area contributed by atoms with Gasteiger partial charge in [0.1, 0.15) is 4.90 Å². The first-order chi connectivity index (χ1) is 7.58. The molecule has 0 unspecified atom stereocenters. The molecule has 1 aromatic carbocycles. The Morgan fingerprint density at radius 1 is 1.18 bits per heavy atom. The molecule has 0 N–H and O–H groups in total. The number of hydrogen-bond donors (Lipinski definition) is 0. The van der Waals surface area contributed by atoms with Gasteiger partial charge in [-0.3, -0.25) is 4.28 Å². The number of rotatable bonds is 3. The summed E-state index contributed by atoms with van der Waals surface area (Å²) < 4.78 is 29.6. The van der Waals surface area contributed by atoms with Crippen LogP contribution in [0.2, 0.25) is 0 Å². The molecule has 1 aromatic heterocycles. The second-order valence-corrected chi connectivity index (χ2v) is 4.92. The smallest absolute Gasteiger partial charge is 1.00 e. The van der Waals surface area contributed by atoms with Gasteiger partial charge in [-0.25, -0.2) is 0 Å². The fourth-order valence-electron chi connectivity index (χ4n) is 1.27. The van der Waals surface area contributed by atoms with Crippen molar-refractivity contribution in [1.29, 1.82) is 0 Å². The maximum absolute atomic E-state index is 11.8. The van der Waals surface area contributed by atoms with E-state index in [2.05, 4.69) is 0 Å². The Morgan fingerprint density at radius 3 is 2.35 bits per heavy atom. The Kier molecular flexibility index (Phi) is 4.82. The third kappa shape index (κ3) is 3.61. The zero-order valence-corrected chi connectivity index (χ0v) is 12.5. The average molecular weight is 261 g/mol. The molecule has 0 spiro atoms. The van der Waals surface area contributed by atoms with E-state index in [0.29, 0.717) is 0 Å². The standard InChI is InChI=1S/C11H11NO3S.Na.H/c1-10-7-8-12(9-10)15-16(13,14)11-5-3-2-4-6-11;;/h2-9H,1H3;;/q;+1;-1. The second-order valence-electron chi connectivity index (χ2n) is 3.39. The molecule has 0 fully saturated rings. The van der Waals surface area contributed by atoms with Crippen molar-refractivity contribution in [3.05, 3.63) is 54.4 Å². The van der Waals surface area contributed by atoms with Crippen molar-refractivity contribution in [2.75, 3.05) is 0 Å². The molecule has 0 aliphatic rings. The van der Waals surface area contributed by atoms with Crippen molar-refractivity contribution in [3.8, 4) is 0 Å². The number of hydrogen-bond acceptors (Lipinski definition) is 3. The molecule has 0 radical (unpaired) electrons. The summed E-state index contributed by atoms with van der Waals surface area (Å²) in [6, 6.07) is 9.80. The van der Waals surface area contributed by atoms with Crippen LogP contribution >= 0.6 is 0 Å². The Labute approximate surface area is 124 Å². The normalized spacial score (nSPS) is 10.6. The molecular weight excluding hydrogens is 249 g/mol. The van der Waals surface area contributed by atoms with Gasteiger partial charge in [-0.15, -0.1) is 0 Å². The quantitative estimate of drug-likeness (QED) is 0.647. The van der Waals surface area contributed by atoms with Crippen molar-refractivity contribution in [2.45, 2.75) is 11.8 Å². The predicted molar refractivity (Wildman–Crippen MR) is 60.5 cm³/mol. The third-order valence-corrected chi connectivity index (χ3v) is 3.25. The zero-order valence-electron chi connectivity index (χ0n) is 10.7. The zero-order chi connectivity index (χ0) is 11.6.